The van der Waals surface area contributed by atoms with Crippen molar-refractivity contribution in [3.05, 3.63) is 40.2 Å². The Kier molecular flexibility index (Phi) is 4.08. The molecule has 4 heteroatoms. The molecule has 2 aromatic rings. The van der Waals surface area contributed by atoms with E-state index in [0.717, 1.165) is 29.2 Å². The summed E-state index contributed by atoms with van der Waals surface area (Å²) in [5, 5.41) is 12.0. The molecule has 0 bridgehead atoms. The highest BCUT2D eigenvalue weighted by atomic mass is 32.1. The molecule has 0 aliphatic rings. The van der Waals surface area contributed by atoms with Gasteiger partial charge < -0.3 is 4.90 Å². The normalized spacial score (nSPS) is 10.6. The number of likely N-dealkylation sites (N-methyl/N-ethyl adjacent to an activating group) is 1. The predicted molar refractivity (Wildman–Crippen MR) is 74.5 cm³/mol. The summed E-state index contributed by atoms with van der Waals surface area (Å²) in [6.45, 7) is 1.01. The van der Waals surface area contributed by atoms with Crippen LogP contribution in [-0.2, 0) is 6.42 Å². The first-order chi connectivity index (χ1) is 8.69. The van der Waals surface area contributed by atoms with Crippen molar-refractivity contribution < 1.29 is 0 Å². The van der Waals surface area contributed by atoms with Gasteiger partial charge in [0.2, 0.25) is 0 Å². The zero-order valence-electron chi connectivity index (χ0n) is 10.6. The van der Waals surface area contributed by atoms with Crippen molar-refractivity contribution in [2.45, 2.75) is 6.42 Å². The Labute approximate surface area is 111 Å². The Morgan fingerprint density at radius 1 is 1.28 bits per heavy atom. The third-order valence-corrected chi connectivity index (χ3v) is 3.54. The van der Waals surface area contributed by atoms with Gasteiger partial charge in [0.1, 0.15) is 0 Å². The van der Waals surface area contributed by atoms with Gasteiger partial charge >= 0.3 is 0 Å². The molecule has 92 valence electrons. The van der Waals surface area contributed by atoms with Gasteiger partial charge in [-0.15, -0.1) is 11.3 Å². The van der Waals surface area contributed by atoms with E-state index in [0.29, 0.717) is 5.56 Å². The summed E-state index contributed by atoms with van der Waals surface area (Å²) in [4.78, 5) is 6.77. The van der Waals surface area contributed by atoms with Gasteiger partial charge in [-0.05, 0) is 26.2 Å². The number of rotatable bonds is 4. The SMILES string of the molecule is CN(C)CCc1nc(-c2ccc(C#N)cc2)cs1. The first kappa shape index (κ1) is 12.7. The molecular formula is C14H15N3S. The molecule has 1 heterocycles. The van der Waals surface area contributed by atoms with Crippen molar-refractivity contribution in [2.75, 3.05) is 20.6 Å². The molecule has 0 aliphatic carbocycles. The molecule has 0 unspecified atom stereocenters. The Morgan fingerprint density at radius 3 is 2.61 bits per heavy atom. The number of thiazole rings is 1. The standard InChI is InChI=1S/C14H15N3S/c1-17(2)8-7-14-16-13(10-18-14)12-5-3-11(9-15)4-6-12/h3-6,10H,7-8H2,1-2H3. The number of nitriles is 1. The van der Waals surface area contributed by atoms with Gasteiger partial charge in [0.15, 0.2) is 0 Å². The summed E-state index contributed by atoms with van der Waals surface area (Å²) in [5.74, 6) is 0. The second-order valence-corrected chi connectivity index (χ2v) is 5.31. The van der Waals surface area contributed by atoms with E-state index in [9.17, 15) is 0 Å². The molecular weight excluding hydrogens is 242 g/mol. The minimum atomic E-state index is 0.682. The van der Waals surface area contributed by atoms with Crippen molar-refractivity contribution in [3.8, 4) is 17.3 Å². The van der Waals surface area contributed by atoms with Crippen LogP contribution in [-0.4, -0.2) is 30.5 Å². The number of aromatic nitrogens is 1. The van der Waals surface area contributed by atoms with Crippen LogP contribution in [0.15, 0.2) is 29.6 Å². The molecule has 0 aliphatic heterocycles. The van der Waals surface area contributed by atoms with Crippen LogP contribution in [0.2, 0.25) is 0 Å². The van der Waals surface area contributed by atoms with Crippen LogP contribution in [0.3, 0.4) is 0 Å². The van der Waals surface area contributed by atoms with Crippen LogP contribution in [0.1, 0.15) is 10.6 Å². The molecule has 0 amide bonds. The Hall–Kier alpha value is -1.70. The van der Waals surface area contributed by atoms with E-state index >= 15 is 0 Å². The molecule has 0 saturated carbocycles. The van der Waals surface area contributed by atoms with Crippen molar-refractivity contribution in [2.24, 2.45) is 0 Å². The number of benzene rings is 1. The van der Waals surface area contributed by atoms with Crippen LogP contribution in [0.5, 0.6) is 0 Å². The number of nitrogens with zero attached hydrogens (tertiary/aromatic N) is 3. The fraction of sp³-hybridized carbons (Fsp3) is 0.286. The van der Waals surface area contributed by atoms with E-state index in [2.05, 4.69) is 35.4 Å². The van der Waals surface area contributed by atoms with E-state index in [1.54, 1.807) is 11.3 Å². The van der Waals surface area contributed by atoms with Gasteiger partial charge in [0, 0.05) is 23.9 Å². The topological polar surface area (TPSA) is 39.9 Å². The highest BCUT2D eigenvalue weighted by Crippen LogP contribution is 2.22. The quantitative estimate of drug-likeness (QED) is 0.845. The van der Waals surface area contributed by atoms with Crippen LogP contribution in [0, 0.1) is 11.3 Å². The maximum absolute atomic E-state index is 8.76. The smallest absolute Gasteiger partial charge is 0.0991 e. The minimum absolute atomic E-state index is 0.682. The second-order valence-electron chi connectivity index (χ2n) is 4.37. The summed E-state index contributed by atoms with van der Waals surface area (Å²) in [5.41, 5.74) is 2.75. The van der Waals surface area contributed by atoms with Gasteiger partial charge in [0.05, 0.1) is 22.3 Å². The monoisotopic (exact) mass is 257 g/mol. The Balaban J connectivity index is 2.11. The van der Waals surface area contributed by atoms with E-state index in [-0.39, 0.29) is 0 Å². The fourth-order valence-electron chi connectivity index (χ4n) is 1.59. The minimum Gasteiger partial charge on any atom is -0.309 e. The first-order valence-corrected chi connectivity index (χ1v) is 6.66. The lowest BCUT2D eigenvalue weighted by Gasteiger charge is -2.06. The average Bonchev–Trinajstić information content (AvgIpc) is 2.85. The van der Waals surface area contributed by atoms with Crippen LogP contribution >= 0.6 is 11.3 Å². The molecule has 1 aromatic heterocycles. The number of hydrogen-bond donors (Lipinski definition) is 0. The molecule has 0 radical (unpaired) electrons. The fourth-order valence-corrected chi connectivity index (χ4v) is 2.39. The molecule has 1 aromatic carbocycles. The van der Waals surface area contributed by atoms with E-state index in [1.165, 1.54) is 0 Å². The predicted octanol–water partition coefficient (Wildman–Crippen LogP) is 2.79. The highest BCUT2D eigenvalue weighted by molar-refractivity contribution is 7.09. The summed E-state index contributed by atoms with van der Waals surface area (Å²) < 4.78 is 0. The summed E-state index contributed by atoms with van der Waals surface area (Å²) in [6, 6.07) is 9.67. The summed E-state index contributed by atoms with van der Waals surface area (Å²) in [7, 11) is 4.13. The zero-order chi connectivity index (χ0) is 13.0. The molecule has 0 spiro atoms. The second kappa shape index (κ2) is 5.76. The van der Waals surface area contributed by atoms with Gasteiger partial charge in [-0.3, -0.25) is 0 Å². The van der Waals surface area contributed by atoms with E-state index in [1.807, 2.05) is 24.3 Å². The van der Waals surface area contributed by atoms with E-state index in [4.69, 9.17) is 5.26 Å². The molecule has 0 atom stereocenters. The first-order valence-electron chi connectivity index (χ1n) is 5.78. The summed E-state index contributed by atoms with van der Waals surface area (Å²) >= 11 is 1.69. The van der Waals surface area contributed by atoms with Gasteiger partial charge in [-0.1, -0.05) is 12.1 Å². The van der Waals surface area contributed by atoms with Crippen molar-refractivity contribution >= 4 is 11.3 Å². The lowest BCUT2D eigenvalue weighted by molar-refractivity contribution is 0.413. The van der Waals surface area contributed by atoms with Gasteiger partial charge in [-0.25, -0.2) is 4.98 Å². The van der Waals surface area contributed by atoms with Gasteiger partial charge in [0.25, 0.3) is 0 Å². The Bertz CT molecular complexity index is 549. The van der Waals surface area contributed by atoms with Crippen LogP contribution in [0.25, 0.3) is 11.3 Å². The molecule has 0 fully saturated rings. The molecule has 0 N–H and O–H groups in total. The average molecular weight is 257 g/mol. The van der Waals surface area contributed by atoms with Crippen molar-refractivity contribution in [1.82, 2.24) is 9.88 Å². The zero-order valence-corrected chi connectivity index (χ0v) is 11.4. The van der Waals surface area contributed by atoms with Crippen LogP contribution in [0.4, 0.5) is 0 Å². The number of hydrogen-bond acceptors (Lipinski definition) is 4. The largest absolute Gasteiger partial charge is 0.309 e. The Morgan fingerprint density at radius 2 is 2.00 bits per heavy atom. The lowest BCUT2D eigenvalue weighted by atomic mass is 10.1. The maximum Gasteiger partial charge on any atom is 0.0991 e. The van der Waals surface area contributed by atoms with E-state index < -0.39 is 0 Å². The lowest BCUT2D eigenvalue weighted by Crippen LogP contribution is -2.14. The maximum atomic E-state index is 8.76. The highest BCUT2D eigenvalue weighted by Gasteiger charge is 2.05. The molecule has 2 rings (SSSR count). The van der Waals surface area contributed by atoms with Gasteiger partial charge in [-0.2, -0.15) is 5.26 Å². The molecule has 3 nitrogen and oxygen atoms in total. The molecule has 0 saturated heterocycles. The molecule has 18 heavy (non-hydrogen) atoms. The third-order valence-electron chi connectivity index (χ3n) is 2.63. The van der Waals surface area contributed by atoms with Crippen molar-refractivity contribution in [1.29, 1.82) is 5.26 Å². The summed E-state index contributed by atoms with van der Waals surface area (Å²) in [6.07, 6.45) is 0.980. The third kappa shape index (κ3) is 3.16. The van der Waals surface area contributed by atoms with Crippen molar-refractivity contribution in [3.63, 3.8) is 0 Å². The van der Waals surface area contributed by atoms with Crippen LogP contribution < -0.4 is 0 Å².